The van der Waals surface area contributed by atoms with Crippen LogP contribution in [0.2, 0.25) is 0 Å². The lowest BCUT2D eigenvalue weighted by Crippen LogP contribution is -2.48. The third kappa shape index (κ3) is 4.53. The van der Waals surface area contributed by atoms with Gasteiger partial charge in [-0.3, -0.25) is 0 Å². The molecular formula is C12H15BrN2O4. The van der Waals surface area contributed by atoms with E-state index in [2.05, 4.69) is 21.2 Å². The summed E-state index contributed by atoms with van der Waals surface area (Å²) in [4.78, 5) is 23.8. The zero-order valence-electron chi connectivity index (χ0n) is 10.3. The predicted octanol–water partition coefficient (Wildman–Crippen LogP) is 1.04. The standard InChI is InChI=1S/C12H15BrN2O4/c1-15(6-8-4-2-3-5-9(8)13)12(19)14-10(7-16)11(17)18/h2-5,10,16H,6-7H2,1H3,(H,14,19)(H,17,18)/t10-/m0/s1. The van der Waals surface area contributed by atoms with E-state index in [-0.39, 0.29) is 0 Å². The highest BCUT2D eigenvalue weighted by atomic mass is 79.9. The number of aliphatic hydroxyl groups excluding tert-OH is 1. The Morgan fingerprint density at radius 2 is 2.05 bits per heavy atom. The lowest BCUT2D eigenvalue weighted by molar-refractivity contribution is -0.140. The van der Waals surface area contributed by atoms with E-state index in [1.54, 1.807) is 7.05 Å². The molecule has 0 saturated heterocycles. The summed E-state index contributed by atoms with van der Waals surface area (Å²) in [6.45, 7) is -0.324. The van der Waals surface area contributed by atoms with E-state index in [0.29, 0.717) is 6.54 Å². The number of benzene rings is 1. The van der Waals surface area contributed by atoms with Crippen LogP contribution >= 0.6 is 15.9 Å². The molecule has 1 atom stereocenters. The zero-order valence-corrected chi connectivity index (χ0v) is 11.9. The lowest BCUT2D eigenvalue weighted by atomic mass is 10.2. The minimum Gasteiger partial charge on any atom is -0.480 e. The molecule has 0 aromatic heterocycles. The Morgan fingerprint density at radius 3 is 2.58 bits per heavy atom. The number of nitrogens with one attached hydrogen (secondary N) is 1. The number of carbonyl (C=O) groups is 2. The van der Waals surface area contributed by atoms with E-state index in [9.17, 15) is 9.59 Å². The summed E-state index contributed by atoms with van der Waals surface area (Å²) in [5, 5.41) is 19.8. The van der Waals surface area contributed by atoms with Crippen molar-refractivity contribution in [2.75, 3.05) is 13.7 Å². The summed E-state index contributed by atoms with van der Waals surface area (Å²) in [6, 6.07) is 5.56. The van der Waals surface area contributed by atoms with Crippen molar-refractivity contribution in [2.24, 2.45) is 0 Å². The van der Waals surface area contributed by atoms with Gasteiger partial charge in [0.1, 0.15) is 0 Å². The van der Waals surface area contributed by atoms with Gasteiger partial charge in [-0.25, -0.2) is 9.59 Å². The Kier molecular flexibility index (Phi) is 5.78. The van der Waals surface area contributed by atoms with Gasteiger partial charge in [-0.15, -0.1) is 0 Å². The van der Waals surface area contributed by atoms with Crippen LogP contribution in [0.5, 0.6) is 0 Å². The van der Waals surface area contributed by atoms with Crippen LogP contribution in [0.4, 0.5) is 4.79 Å². The van der Waals surface area contributed by atoms with Gasteiger partial charge in [0.15, 0.2) is 6.04 Å². The molecule has 0 bridgehead atoms. The van der Waals surface area contributed by atoms with Crippen LogP contribution in [0.3, 0.4) is 0 Å². The first-order valence-electron chi connectivity index (χ1n) is 5.54. The van der Waals surface area contributed by atoms with Gasteiger partial charge in [-0.1, -0.05) is 34.1 Å². The maximum Gasteiger partial charge on any atom is 0.328 e. The summed E-state index contributed by atoms with van der Waals surface area (Å²) in [5.41, 5.74) is 0.899. The third-order valence-electron chi connectivity index (χ3n) is 2.49. The summed E-state index contributed by atoms with van der Waals surface area (Å²) in [7, 11) is 1.55. The van der Waals surface area contributed by atoms with Gasteiger partial charge in [-0.05, 0) is 11.6 Å². The topological polar surface area (TPSA) is 89.9 Å². The van der Waals surface area contributed by atoms with Crippen LogP contribution in [-0.4, -0.2) is 46.8 Å². The van der Waals surface area contributed by atoms with Gasteiger partial charge < -0.3 is 20.4 Å². The maximum absolute atomic E-state index is 11.8. The van der Waals surface area contributed by atoms with Crippen LogP contribution in [0.1, 0.15) is 5.56 Å². The predicted molar refractivity (Wildman–Crippen MR) is 72.7 cm³/mol. The van der Waals surface area contributed by atoms with E-state index in [1.165, 1.54) is 4.90 Å². The molecule has 0 aliphatic heterocycles. The SMILES string of the molecule is CN(Cc1ccccc1Br)C(=O)N[C@@H](CO)C(=O)O. The third-order valence-corrected chi connectivity index (χ3v) is 3.26. The van der Waals surface area contributed by atoms with Crippen LogP contribution in [0.25, 0.3) is 0 Å². The first kappa shape index (κ1) is 15.5. The highest BCUT2D eigenvalue weighted by molar-refractivity contribution is 9.10. The summed E-state index contributed by atoms with van der Waals surface area (Å²) in [5.74, 6) is -1.27. The molecule has 3 N–H and O–H groups in total. The summed E-state index contributed by atoms with van der Waals surface area (Å²) < 4.78 is 0.867. The molecule has 0 unspecified atom stereocenters. The molecule has 0 heterocycles. The highest BCUT2D eigenvalue weighted by Gasteiger charge is 2.20. The van der Waals surface area contributed by atoms with Crippen molar-refractivity contribution in [2.45, 2.75) is 12.6 Å². The number of nitrogens with zero attached hydrogens (tertiary/aromatic N) is 1. The molecule has 0 aliphatic rings. The molecule has 0 aliphatic carbocycles. The highest BCUT2D eigenvalue weighted by Crippen LogP contribution is 2.17. The van der Waals surface area contributed by atoms with Crippen molar-refractivity contribution in [3.8, 4) is 0 Å². The largest absolute Gasteiger partial charge is 0.480 e. The first-order valence-corrected chi connectivity index (χ1v) is 6.33. The van der Waals surface area contributed by atoms with Crippen molar-refractivity contribution in [1.29, 1.82) is 0 Å². The number of aliphatic carboxylic acids is 1. The number of hydrogen-bond donors (Lipinski definition) is 3. The van der Waals surface area contributed by atoms with E-state index in [0.717, 1.165) is 10.0 Å². The Labute approximate surface area is 119 Å². The van der Waals surface area contributed by atoms with Crippen molar-refractivity contribution in [3.05, 3.63) is 34.3 Å². The van der Waals surface area contributed by atoms with Crippen LogP contribution in [0.15, 0.2) is 28.7 Å². The Hall–Kier alpha value is -1.60. The number of carbonyl (C=O) groups excluding carboxylic acids is 1. The molecule has 7 heteroatoms. The first-order chi connectivity index (χ1) is 8.95. The average Bonchev–Trinajstić information content (AvgIpc) is 2.37. The molecular weight excluding hydrogens is 316 g/mol. The molecule has 1 rings (SSSR count). The molecule has 19 heavy (non-hydrogen) atoms. The maximum atomic E-state index is 11.8. The molecule has 0 saturated carbocycles. The second-order valence-electron chi connectivity index (χ2n) is 3.97. The Balaban J connectivity index is 2.63. The monoisotopic (exact) mass is 330 g/mol. The minimum absolute atomic E-state index is 0.324. The second kappa shape index (κ2) is 7.10. The van der Waals surface area contributed by atoms with Crippen molar-refractivity contribution >= 4 is 27.9 Å². The fourth-order valence-electron chi connectivity index (χ4n) is 1.40. The molecule has 0 radical (unpaired) electrons. The fourth-order valence-corrected chi connectivity index (χ4v) is 1.81. The molecule has 1 aromatic carbocycles. The number of carboxylic acid groups (broad SMARTS) is 1. The smallest absolute Gasteiger partial charge is 0.328 e. The quantitative estimate of drug-likeness (QED) is 0.752. The number of hydrogen-bond acceptors (Lipinski definition) is 3. The molecule has 104 valence electrons. The normalized spacial score (nSPS) is 11.7. The summed E-state index contributed by atoms with van der Waals surface area (Å²) in [6.07, 6.45) is 0. The van der Waals surface area contributed by atoms with Gasteiger partial charge in [0, 0.05) is 18.1 Å². The summed E-state index contributed by atoms with van der Waals surface area (Å²) >= 11 is 3.37. The van der Waals surface area contributed by atoms with Gasteiger partial charge in [0.05, 0.1) is 6.61 Å². The number of halogens is 1. The number of carboxylic acids is 1. The van der Waals surface area contributed by atoms with Gasteiger partial charge >= 0.3 is 12.0 Å². The number of aliphatic hydroxyl groups is 1. The van der Waals surface area contributed by atoms with E-state index in [4.69, 9.17) is 10.2 Å². The van der Waals surface area contributed by atoms with Crippen LogP contribution < -0.4 is 5.32 Å². The average molecular weight is 331 g/mol. The van der Waals surface area contributed by atoms with Crippen molar-refractivity contribution in [1.82, 2.24) is 10.2 Å². The van der Waals surface area contributed by atoms with Crippen LogP contribution in [0, 0.1) is 0 Å². The zero-order chi connectivity index (χ0) is 14.4. The van der Waals surface area contributed by atoms with E-state index >= 15 is 0 Å². The van der Waals surface area contributed by atoms with Gasteiger partial charge in [-0.2, -0.15) is 0 Å². The van der Waals surface area contributed by atoms with Crippen LogP contribution in [-0.2, 0) is 11.3 Å². The lowest BCUT2D eigenvalue weighted by Gasteiger charge is -2.21. The van der Waals surface area contributed by atoms with E-state index in [1.807, 2.05) is 24.3 Å². The fraction of sp³-hybridized carbons (Fsp3) is 0.333. The molecule has 6 nitrogen and oxygen atoms in total. The van der Waals surface area contributed by atoms with E-state index < -0.39 is 24.6 Å². The second-order valence-corrected chi connectivity index (χ2v) is 4.82. The number of urea groups is 1. The van der Waals surface area contributed by atoms with Crippen molar-refractivity contribution < 1.29 is 19.8 Å². The van der Waals surface area contributed by atoms with Crippen molar-refractivity contribution in [3.63, 3.8) is 0 Å². The number of amides is 2. The van der Waals surface area contributed by atoms with Gasteiger partial charge in [0.25, 0.3) is 0 Å². The Bertz CT molecular complexity index is 467. The Morgan fingerprint density at radius 1 is 1.42 bits per heavy atom. The molecule has 0 spiro atoms. The van der Waals surface area contributed by atoms with Gasteiger partial charge in [0.2, 0.25) is 0 Å². The molecule has 2 amide bonds. The minimum atomic E-state index is -1.30. The number of rotatable bonds is 5. The molecule has 1 aromatic rings. The molecule has 0 fully saturated rings.